The maximum absolute atomic E-state index is 11.6. The van der Waals surface area contributed by atoms with Crippen LogP contribution in [0.3, 0.4) is 0 Å². The number of unbranched alkanes of at least 4 members (excludes halogenated alkanes) is 1. The first-order valence-corrected chi connectivity index (χ1v) is 5.77. The van der Waals surface area contributed by atoms with Gasteiger partial charge in [0.15, 0.2) is 0 Å². The second kappa shape index (κ2) is 6.62. The van der Waals surface area contributed by atoms with Crippen LogP contribution < -0.4 is 0 Å². The van der Waals surface area contributed by atoms with Gasteiger partial charge in [0, 0.05) is 13.1 Å². The van der Waals surface area contributed by atoms with E-state index in [1.54, 1.807) is 0 Å². The predicted molar refractivity (Wildman–Crippen MR) is 60.6 cm³/mol. The lowest BCUT2D eigenvalue weighted by Gasteiger charge is -2.12. The highest BCUT2D eigenvalue weighted by atomic mass is 16.5. The van der Waals surface area contributed by atoms with E-state index in [2.05, 4.69) is 18.4 Å². The number of carbonyl (C=O) groups is 1. The molecule has 0 N–H and O–H groups in total. The summed E-state index contributed by atoms with van der Waals surface area (Å²) in [6.45, 7) is 9.06. The summed E-state index contributed by atoms with van der Waals surface area (Å²) >= 11 is 0. The molecule has 0 saturated carbocycles. The van der Waals surface area contributed by atoms with Gasteiger partial charge in [0.1, 0.15) is 0 Å². The fraction of sp³-hybridized carbons (Fsp3) is 0.750. The van der Waals surface area contributed by atoms with Gasteiger partial charge in [-0.25, -0.2) is 0 Å². The summed E-state index contributed by atoms with van der Waals surface area (Å²) in [4.78, 5) is 13.8. The zero-order valence-electron chi connectivity index (χ0n) is 9.58. The van der Waals surface area contributed by atoms with E-state index in [4.69, 9.17) is 4.74 Å². The highest BCUT2D eigenvalue weighted by molar-refractivity contribution is 5.73. The van der Waals surface area contributed by atoms with E-state index >= 15 is 0 Å². The van der Waals surface area contributed by atoms with Crippen molar-refractivity contribution in [3.8, 4) is 0 Å². The highest BCUT2D eigenvalue weighted by Gasteiger charge is 2.28. The third kappa shape index (κ3) is 4.04. The minimum absolute atomic E-state index is 0.0185. The van der Waals surface area contributed by atoms with Gasteiger partial charge < -0.3 is 4.74 Å². The molecule has 15 heavy (non-hydrogen) atoms. The molecule has 1 aliphatic rings. The molecule has 1 saturated heterocycles. The number of esters is 1. The van der Waals surface area contributed by atoms with Crippen LogP contribution in [0.4, 0.5) is 0 Å². The molecule has 0 aromatic heterocycles. The molecule has 86 valence electrons. The predicted octanol–water partition coefficient (Wildman–Crippen LogP) is 1.84. The Morgan fingerprint density at radius 2 is 2.47 bits per heavy atom. The van der Waals surface area contributed by atoms with Crippen LogP contribution in [0.25, 0.3) is 0 Å². The summed E-state index contributed by atoms with van der Waals surface area (Å²) in [5.41, 5.74) is 0. The molecule has 0 spiro atoms. The van der Waals surface area contributed by atoms with E-state index in [9.17, 15) is 4.79 Å². The van der Waals surface area contributed by atoms with Crippen molar-refractivity contribution in [1.29, 1.82) is 0 Å². The first-order chi connectivity index (χ1) is 7.27. The lowest BCUT2D eigenvalue weighted by molar-refractivity contribution is -0.148. The van der Waals surface area contributed by atoms with Gasteiger partial charge in [-0.15, -0.1) is 6.58 Å². The zero-order valence-corrected chi connectivity index (χ0v) is 9.58. The Morgan fingerprint density at radius 1 is 1.67 bits per heavy atom. The van der Waals surface area contributed by atoms with Crippen LogP contribution in [0, 0.1) is 5.92 Å². The third-order valence-electron chi connectivity index (χ3n) is 2.74. The summed E-state index contributed by atoms with van der Waals surface area (Å²) in [6.07, 6.45) is 4.85. The van der Waals surface area contributed by atoms with Crippen LogP contribution >= 0.6 is 0 Å². The van der Waals surface area contributed by atoms with Gasteiger partial charge in [0.25, 0.3) is 0 Å². The number of hydrogen-bond donors (Lipinski definition) is 0. The molecule has 1 unspecified atom stereocenters. The SMILES string of the molecule is C=CCN1CCC(C(=O)OCCCC)C1. The second-order valence-electron chi connectivity index (χ2n) is 4.05. The molecule has 0 radical (unpaired) electrons. The molecule has 1 aliphatic heterocycles. The van der Waals surface area contributed by atoms with Gasteiger partial charge in [-0.3, -0.25) is 9.69 Å². The van der Waals surface area contributed by atoms with E-state index in [0.29, 0.717) is 6.61 Å². The normalized spacial score (nSPS) is 21.5. The van der Waals surface area contributed by atoms with Gasteiger partial charge in [-0.1, -0.05) is 19.4 Å². The van der Waals surface area contributed by atoms with Gasteiger partial charge in [-0.05, 0) is 19.4 Å². The van der Waals surface area contributed by atoms with E-state index in [1.807, 2.05) is 6.08 Å². The summed E-state index contributed by atoms with van der Waals surface area (Å²) < 4.78 is 5.20. The summed E-state index contributed by atoms with van der Waals surface area (Å²) in [5.74, 6) is 0.0665. The second-order valence-corrected chi connectivity index (χ2v) is 4.05. The van der Waals surface area contributed by atoms with Crippen molar-refractivity contribution in [2.45, 2.75) is 26.2 Å². The van der Waals surface area contributed by atoms with Crippen molar-refractivity contribution < 1.29 is 9.53 Å². The first-order valence-electron chi connectivity index (χ1n) is 5.77. The molecule has 0 aliphatic carbocycles. The monoisotopic (exact) mass is 211 g/mol. The lowest BCUT2D eigenvalue weighted by Crippen LogP contribution is -2.24. The summed E-state index contributed by atoms with van der Waals surface area (Å²) in [5, 5.41) is 0. The minimum atomic E-state index is -0.0185. The molecule has 0 aromatic rings. The topological polar surface area (TPSA) is 29.5 Å². The Morgan fingerprint density at radius 3 is 3.13 bits per heavy atom. The van der Waals surface area contributed by atoms with E-state index in [-0.39, 0.29) is 11.9 Å². The smallest absolute Gasteiger partial charge is 0.310 e. The Balaban J connectivity index is 2.21. The van der Waals surface area contributed by atoms with Crippen molar-refractivity contribution in [1.82, 2.24) is 4.90 Å². The van der Waals surface area contributed by atoms with Gasteiger partial charge in [-0.2, -0.15) is 0 Å². The van der Waals surface area contributed by atoms with Crippen molar-refractivity contribution >= 4 is 5.97 Å². The highest BCUT2D eigenvalue weighted by Crippen LogP contribution is 2.17. The molecular formula is C12H21NO2. The molecule has 1 fully saturated rings. The number of ether oxygens (including phenoxy) is 1. The molecule has 0 amide bonds. The zero-order chi connectivity index (χ0) is 11.1. The molecule has 0 bridgehead atoms. The molecule has 1 atom stereocenters. The molecular weight excluding hydrogens is 190 g/mol. The number of carbonyl (C=O) groups excluding carboxylic acids is 1. The van der Waals surface area contributed by atoms with Crippen LogP contribution in [0.15, 0.2) is 12.7 Å². The average Bonchev–Trinajstić information content (AvgIpc) is 2.67. The molecule has 3 nitrogen and oxygen atoms in total. The number of rotatable bonds is 6. The van der Waals surface area contributed by atoms with Gasteiger partial charge in [0.2, 0.25) is 0 Å². The summed E-state index contributed by atoms with van der Waals surface area (Å²) in [7, 11) is 0. The van der Waals surface area contributed by atoms with Crippen molar-refractivity contribution in [2.75, 3.05) is 26.2 Å². The molecule has 0 aromatic carbocycles. The minimum Gasteiger partial charge on any atom is -0.465 e. The number of hydrogen-bond acceptors (Lipinski definition) is 3. The molecule has 1 rings (SSSR count). The van der Waals surface area contributed by atoms with Crippen molar-refractivity contribution in [3.05, 3.63) is 12.7 Å². The third-order valence-corrected chi connectivity index (χ3v) is 2.74. The van der Waals surface area contributed by atoms with E-state index < -0.39 is 0 Å². The van der Waals surface area contributed by atoms with Gasteiger partial charge >= 0.3 is 5.97 Å². The summed E-state index contributed by atoms with van der Waals surface area (Å²) in [6, 6.07) is 0. The fourth-order valence-corrected chi connectivity index (χ4v) is 1.81. The largest absolute Gasteiger partial charge is 0.465 e. The maximum Gasteiger partial charge on any atom is 0.310 e. The van der Waals surface area contributed by atoms with Gasteiger partial charge in [0.05, 0.1) is 12.5 Å². The standard InChI is InChI=1S/C12H21NO2/c1-3-5-9-15-12(14)11-6-8-13(10-11)7-4-2/h4,11H,2-3,5-10H2,1H3. The van der Waals surface area contributed by atoms with E-state index in [0.717, 1.165) is 38.9 Å². The first kappa shape index (κ1) is 12.2. The van der Waals surface area contributed by atoms with Crippen LogP contribution in [0.1, 0.15) is 26.2 Å². The Kier molecular flexibility index (Phi) is 5.40. The quantitative estimate of drug-likeness (QED) is 0.381. The number of likely N-dealkylation sites (tertiary alicyclic amines) is 1. The van der Waals surface area contributed by atoms with Crippen LogP contribution in [0.5, 0.6) is 0 Å². The molecule has 3 heteroatoms. The average molecular weight is 211 g/mol. The fourth-order valence-electron chi connectivity index (χ4n) is 1.81. The number of nitrogens with zero attached hydrogens (tertiary/aromatic N) is 1. The van der Waals surface area contributed by atoms with Crippen LogP contribution in [-0.2, 0) is 9.53 Å². The maximum atomic E-state index is 11.6. The van der Waals surface area contributed by atoms with Crippen molar-refractivity contribution in [2.24, 2.45) is 5.92 Å². The van der Waals surface area contributed by atoms with Crippen LogP contribution in [-0.4, -0.2) is 37.1 Å². The lowest BCUT2D eigenvalue weighted by atomic mass is 10.1. The van der Waals surface area contributed by atoms with E-state index in [1.165, 1.54) is 0 Å². The Hall–Kier alpha value is -0.830. The van der Waals surface area contributed by atoms with Crippen LogP contribution in [0.2, 0.25) is 0 Å². The Bertz CT molecular complexity index is 216. The Labute approximate surface area is 92.1 Å². The van der Waals surface area contributed by atoms with Crippen molar-refractivity contribution in [3.63, 3.8) is 0 Å². The molecule has 1 heterocycles.